The van der Waals surface area contributed by atoms with Gasteiger partial charge in [-0.15, -0.1) is 0 Å². The number of nitrogens with zero attached hydrogens (tertiary/aromatic N) is 2. The van der Waals surface area contributed by atoms with Gasteiger partial charge >= 0.3 is 132 Å². The predicted octanol–water partition coefficient (Wildman–Crippen LogP) is 7.76. The normalized spacial score (nSPS) is 6.87. The molecule has 0 aliphatic rings. The summed E-state index contributed by atoms with van der Waals surface area (Å²) in [4.78, 5) is 0. The summed E-state index contributed by atoms with van der Waals surface area (Å²) in [6, 6.07) is 11.3. The molecule has 1 rings (SSSR count). The molecule has 0 unspecified atom stereocenters. The van der Waals surface area contributed by atoms with Crippen molar-refractivity contribution in [2.45, 2.75) is 13.8 Å². The van der Waals surface area contributed by atoms with Gasteiger partial charge in [0.2, 0.25) is 0 Å². The fourth-order valence-corrected chi connectivity index (χ4v) is 1.62. The van der Waals surface area contributed by atoms with Crippen molar-refractivity contribution in [3.05, 3.63) is 24.3 Å². The summed E-state index contributed by atoms with van der Waals surface area (Å²) < 4.78 is 11.1. The van der Waals surface area contributed by atoms with Gasteiger partial charge < -0.3 is 9.47 Å². The van der Waals surface area contributed by atoms with Crippen LogP contribution in [0.4, 0.5) is 0 Å². The van der Waals surface area contributed by atoms with Crippen LogP contribution in [0.25, 0.3) is 0 Å². The quantitative estimate of drug-likeness (QED) is 0.151. The maximum absolute atomic E-state index is 7.32. The van der Waals surface area contributed by atoms with Crippen LogP contribution in [0.3, 0.4) is 0 Å². The van der Waals surface area contributed by atoms with Crippen molar-refractivity contribution in [1.82, 2.24) is 0 Å². The first-order valence-electron chi connectivity index (χ1n) is 7.10. The van der Waals surface area contributed by atoms with E-state index in [1.54, 1.807) is 117 Å². The van der Waals surface area contributed by atoms with E-state index in [0.29, 0.717) is 0 Å². The standard InChI is InChI=1S/C12H18O2S2.2C2H3N.4Cu.4HI/c1-15-9-7-13-11-3-5-12(6-4-11)14-8-10-16-2;2*1-2-3;;;;;;;;/h3-6H,7-10H2,1-2H3;2*1H3;;;;;4*1H/q;;;4*+1;;;;/p-4. The SMILES string of the molecule is CC#N.CC#N.CSCCOc1ccc(OCCSC)cc1.[Cu][I].[Cu][I].[Cu][I].[Cu][I]. The number of nitriles is 2. The molecule has 0 fully saturated rings. The van der Waals surface area contributed by atoms with Gasteiger partial charge in [-0.05, 0) is 36.8 Å². The molecule has 0 heterocycles. The molecule has 30 heavy (non-hydrogen) atoms. The summed E-state index contributed by atoms with van der Waals surface area (Å²) in [5.41, 5.74) is 0. The zero-order valence-corrected chi connectivity index (χ0v) is 30.4. The molecule has 0 amide bonds. The number of hydrogen-bond acceptors (Lipinski definition) is 6. The summed E-state index contributed by atoms with van der Waals surface area (Å²) >= 11 is 27.1. The first-order valence-corrected chi connectivity index (χ1v) is 22.0. The van der Waals surface area contributed by atoms with E-state index in [0.717, 1.165) is 36.2 Å². The Bertz CT molecular complexity index is 417. The van der Waals surface area contributed by atoms with Gasteiger partial charge in [0.15, 0.2) is 0 Å². The summed E-state index contributed by atoms with van der Waals surface area (Å²) in [6.45, 7) is 4.38. The molecule has 4 nitrogen and oxygen atoms in total. The number of benzene rings is 1. The van der Waals surface area contributed by atoms with Gasteiger partial charge in [-0.3, -0.25) is 0 Å². The molecule has 14 heteroatoms. The van der Waals surface area contributed by atoms with E-state index in [2.05, 4.69) is 63.6 Å². The van der Waals surface area contributed by atoms with Crippen LogP contribution in [0.5, 0.6) is 11.5 Å². The summed E-state index contributed by atoms with van der Waals surface area (Å²) in [6.07, 6.45) is 4.15. The number of rotatable bonds is 8. The van der Waals surface area contributed by atoms with Gasteiger partial charge in [0.1, 0.15) is 11.5 Å². The minimum absolute atomic E-state index is 0.758. The topological polar surface area (TPSA) is 66.0 Å². The van der Waals surface area contributed by atoms with E-state index in [1.807, 2.05) is 24.3 Å². The van der Waals surface area contributed by atoms with Gasteiger partial charge in [0, 0.05) is 25.4 Å². The summed E-state index contributed by atoms with van der Waals surface area (Å²) in [7, 11) is 0. The molecule has 0 aliphatic heterocycles. The Balaban J connectivity index is -0.0000000860. The molecule has 0 aromatic heterocycles. The number of halogens is 4. The van der Waals surface area contributed by atoms with E-state index in [4.69, 9.17) is 20.0 Å². The zero-order valence-electron chi connectivity index (χ0n) is 16.4. The van der Waals surface area contributed by atoms with Crippen molar-refractivity contribution in [2.75, 3.05) is 37.2 Å². The molecule has 0 radical (unpaired) electrons. The van der Waals surface area contributed by atoms with E-state index >= 15 is 0 Å². The molecule has 0 saturated carbocycles. The average molecular weight is 1100 g/mol. The van der Waals surface area contributed by atoms with Crippen LogP contribution in [0.1, 0.15) is 13.8 Å². The van der Waals surface area contributed by atoms with Crippen LogP contribution in [-0.4, -0.2) is 37.2 Å². The Morgan fingerprint density at radius 3 is 1.07 bits per heavy atom. The van der Waals surface area contributed by atoms with Crippen LogP contribution in [0.15, 0.2) is 24.3 Å². The van der Waals surface area contributed by atoms with E-state index in [1.165, 1.54) is 13.8 Å². The molecule has 0 saturated heterocycles. The molecule has 0 bridgehead atoms. The van der Waals surface area contributed by atoms with Crippen molar-refractivity contribution < 1.29 is 60.5 Å². The van der Waals surface area contributed by atoms with Crippen LogP contribution in [0.2, 0.25) is 0 Å². The van der Waals surface area contributed by atoms with Crippen molar-refractivity contribution in [3.63, 3.8) is 0 Å². The van der Waals surface area contributed by atoms with E-state index in [9.17, 15) is 0 Å². The third kappa shape index (κ3) is 53.1. The maximum atomic E-state index is 7.32. The summed E-state index contributed by atoms with van der Waals surface area (Å²) in [5.74, 6) is 3.86. The molecule has 0 spiro atoms. The Labute approximate surface area is 270 Å². The van der Waals surface area contributed by atoms with Crippen molar-refractivity contribution in [2.24, 2.45) is 0 Å². The van der Waals surface area contributed by atoms with Crippen LogP contribution in [-0.2, 0) is 51.1 Å². The Kier molecular flexibility index (Phi) is 91.1. The second kappa shape index (κ2) is 58.4. The summed E-state index contributed by atoms with van der Waals surface area (Å²) in [5, 5.41) is 14.6. The first kappa shape index (κ1) is 46.8. The second-order valence-electron chi connectivity index (χ2n) is 3.60. The second-order valence-corrected chi connectivity index (χ2v) is 5.57. The molecule has 194 valence electrons. The first-order chi connectivity index (χ1) is 14.7. The van der Waals surface area contributed by atoms with Crippen LogP contribution < -0.4 is 9.47 Å². The molecular weight excluding hydrogens is 1080 g/mol. The zero-order chi connectivity index (χ0) is 25.1. The molecular formula is C16H24Cu4I4N2O2S2. The van der Waals surface area contributed by atoms with Crippen molar-refractivity contribution in [3.8, 4) is 23.6 Å². The van der Waals surface area contributed by atoms with Crippen molar-refractivity contribution >= 4 is 105 Å². The van der Waals surface area contributed by atoms with Crippen LogP contribution in [0, 0.1) is 22.7 Å². The number of ether oxygens (including phenoxy) is 2. The molecule has 0 aliphatic carbocycles. The van der Waals surface area contributed by atoms with Crippen LogP contribution >= 0.6 is 105 Å². The van der Waals surface area contributed by atoms with E-state index < -0.39 is 0 Å². The third-order valence-corrected chi connectivity index (χ3v) is 3.09. The Morgan fingerprint density at radius 1 is 0.700 bits per heavy atom. The average Bonchev–Trinajstić information content (AvgIpc) is 2.82. The Hall–Kier alpha value is 3.50. The number of thioether (sulfide) groups is 2. The molecule has 1 aromatic carbocycles. The van der Waals surface area contributed by atoms with Gasteiger partial charge in [-0.25, -0.2) is 0 Å². The monoisotopic (exact) mass is 1100 g/mol. The fraction of sp³-hybridized carbons (Fsp3) is 0.500. The van der Waals surface area contributed by atoms with Gasteiger partial charge in [-0.2, -0.15) is 34.0 Å². The molecule has 1 aromatic rings. The fourth-order valence-electron chi connectivity index (χ4n) is 1.12. The van der Waals surface area contributed by atoms with Gasteiger partial charge in [-0.1, -0.05) is 0 Å². The third-order valence-electron chi connectivity index (χ3n) is 1.94. The minimum atomic E-state index is 0.758. The van der Waals surface area contributed by atoms with E-state index in [-0.39, 0.29) is 0 Å². The van der Waals surface area contributed by atoms with Gasteiger partial charge in [0.25, 0.3) is 0 Å². The van der Waals surface area contributed by atoms with Crippen molar-refractivity contribution in [1.29, 1.82) is 10.5 Å². The molecule has 0 N–H and O–H groups in total. The Morgan fingerprint density at radius 2 is 0.900 bits per heavy atom. The predicted molar refractivity (Wildman–Crippen MR) is 153 cm³/mol. The van der Waals surface area contributed by atoms with Gasteiger partial charge in [0.05, 0.1) is 25.4 Å². The molecule has 0 atom stereocenters. The number of hydrogen-bond donors (Lipinski definition) is 0.